The number of aryl methyl sites for hydroxylation is 1. The Bertz CT molecular complexity index is 593. The highest BCUT2D eigenvalue weighted by molar-refractivity contribution is 5.88. The second kappa shape index (κ2) is 5.21. The Morgan fingerprint density at radius 2 is 2.21 bits per heavy atom. The predicted molar refractivity (Wildman–Crippen MR) is 70.8 cm³/mol. The lowest BCUT2D eigenvalue weighted by atomic mass is 10.0. The highest BCUT2D eigenvalue weighted by Gasteiger charge is 2.20. The molecule has 0 bridgehead atoms. The maximum atomic E-state index is 11.3. The van der Waals surface area contributed by atoms with Crippen LogP contribution in [-0.2, 0) is 11.8 Å². The number of nitrogens with zero attached hydrogens (tertiary/aromatic N) is 4. The van der Waals surface area contributed by atoms with Gasteiger partial charge in [0.2, 0.25) is 0 Å². The molecule has 0 amide bonds. The van der Waals surface area contributed by atoms with Gasteiger partial charge in [-0.2, -0.15) is 5.10 Å². The van der Waals surface area contributed by atoms with Gasteiger partial charge in [0.1, 0.15) is 18.2 Å². The first-order chi connectivity index (χ1) is 8.99. The van der Waals surface area contributed by atoms with Gasteiger partial charge < -0.3 is 10.4 Å². The lowest BCUT2D eigenvalue weighted by Crippen LogP contribution is -2.31. The normalized spacial score (nSPS) is 12.8. The smallest absolute Gasteiger partial charge is 0.326 e. The van der Waals surface area contributed by atoms with E-state index in [1.807, 2.05) is 13.8 Å². The molecule has 2 heterocycles. The molecule has 1 atom stereocenters. The number of anilines is 1. The topological polar surface area (TPSA) is 92.9 Å². The van der Waals surface area contributed by atoms with Crippen molar-refractivity contribution >= 4 is 22.8 Å². The van der Waals surface area contributed by atoms with Crippen LogP contribution in [0.15, 0.2) is 12.5 Å². The molecule has 2 aromatic heterocycles. The molecule has 2 N–H and O–H groups in total. The van der Waals surface area contributed by atoms with Crippen molar-refractivity contribution in [3.63, 3.8) is 0 Å². The van der Waals surface area contributed by atoms with E-state index >= 15 is 0 Å². The van der Waals surface area contributed by atoms with Gasteiger partial charge in [0.05, 0.1) is 11.6 Å². The van der Waals surface area contributed by atoms with E-state index in [1.54, 1.807) is 17.9 Å². The van der Waals surface area contributed by atoms with E-state index in [0.717, 1.165) is 5.39 Å². The van der Waals surface area contributed by atoms with Crippen LogP contribution in [0.25, 0.3) is 11.0 Å². The van der Waals surface area contributed by atoms with E-state index in [9.17, 15) is 9.90 Å². The van der Waals surface area contributed by atoms with Crippen LogP contribution in [0.2, 0.25) is 0 Å². The molecule has 0 aliphatic carbocycles. The minimum atomic E-state index is -0.885. The number of hydrogen-bond acceptors (Lipinski definition) is 5. The van der Waals surface area contributed by atoms with E-state index in [4.69, 9.17) is 0 Å². The summed E-state index contributed by atoms with van der Waals surface area (Å²) in [7, 11) is 1.78. The van der Waals surface area contributed by atoms with E-state index in [2.05, 4.69) is 20.4 Å². The minimum Gasteiger partial charge on any atom is -0.480 e. The summed E-state index contributed by atoms with van der Waals surface area (Å²) in [4.78, 5) is 19.5. The van der Waals surface area contributed by atoms with Gasteiger partial charge in [-0.3, -0.25) is 4.68 Å². The Labute approximate surface area is 110 Å². The zero-order valence-electron chi connectivity index (χ0n) is 11.2. The Balaban J connectivity index is 2.31. The zero-order chi connectivity index (χ0) is 14.0. The summed E-state index contributed by atoms with van der Waals surface area (Å²) in [5.74, 6) is -0.102. The van der Waals surface area contributed by atoms with Crippen molar-refractivity contribution in [2.75, 3.05) is 5.32 Å². The maximum absolute atomic E-state index is 11.3. The van der Waals surface area contributed by atoms with Crippen LogP contribution in [0.5, 0.6) is 0 Å². The Morgan fingerprint density at radius 3 is 2.84 bits per heavy atom. The largest absolute Gasteiger partial charge is 0.480 e. The molecule has 0 saturated heterocycles. The van der Waals surface area contributed by atoms with E-state index in [1.165, 1.54) is 6.33 Å². The van der Waals surface area contributed by atoms with Crippen LogP contribution >= 0.6 is 0 Å². The molecule has 0 fully saturated rings. The Hall–Kier alpha value is -2.18. The number of carboxylic acid groups (broad SMARTS) is 1. The number of nitrogens with one attached hydrogen (secondary N) is 1. The highest BCUT2D eigenvalue weighted by Crippen LogP contribution is 2.20. The molecule has 0 radical (unpaired) electrons. The number of fused-ring (bicyclic) bond motifs is 1. The molecule has 1 unspecified atom stereocenters. The maximum Gasteiger partial charge on any atom is 0.326 e. The summed E-state index contributed by atoms with van der Waals surface area (Å²) in [5.41, 5.74) is 0.672. The molecule has 0 aromatic carbocycles. The third kappa shape index (κ3) is 2.81. The molecular formula is C12H17N5O2. The van der Waals surface area contributed by atoms with Crippen LogP contribution in [-0.4, -0.2) is 36.9 Å². The number of hydrogen-bond donors (Lipinski definition) is 2. The quantitative estimate of drug-likeness (QED) is 0.844. The fourth-order valence-electron chi connectivity index (χ4n) is 1.93. The molecule has 2 rings (SSSR count). The van der Waals surface area contributed by atoms with Crippen molar-refractivity contribution in [2.45, 2.75) is 26.3 Å². The van der Waals surface area contributed by atoms with Crippen molar-refractivity contribution in [3.8, 4) is 0 Å². The van der Waals surface area contributed by atoms with Gasteiger partial charge in [0.25, 0.3) is 0 Å². The van der Waals surface area contributed by atoms with Gasteiger partial charge in [-0.1, -0.05) is 13.8 Å². The predicted octanol–water partition coefficient (Wildman–Crippen LogP) is 1.27. The third-order valence-electron chi connectivity index (χ3n) is 2.85. The number of carbonyl (C=O) groups is 1. The van der Waals surface area contributed by atoms with Gasteiger partial charge in [-0.15, -0.1) is 0 Å². The van der Waals surface area contributed by atoms with E-state index < -0.39 is 12.0 Å². The average Bonchev–Trinajstić information content (AvgIpc) is 2.71. The van der Waals surface area contributed by atoms with Crippen molar-refractivity contribution in [1.29, 1.82) is 0 Å². The number of aliphatic carboxylic acids is 1. The average molecular weight is 263 g/mol. The minimum absolute atomic E-state index is 0.278. The molecule has 7 nitrogen and oxygen atoms in total. The van der Waals surface area contributed by atoms with E-state index in [-0.39, 0.29) is 5.92 Å². The summed E-state index contributed by atoms with van der Waals surface area (Å²) in [5, 5.41) is 17.0. The first-order valence-electron chi connectivity index (χ1n) is 6.11. The standard InChI is InChI=1S/C12H17N5O2/c1-7(2)4-9(12(18)19)16-10-8-5-15-17(3)11(8)14-6-13-10/h5-7,9H,4H2,1-3H3,(H,18,19)(H,13,14,16). The molecular weight excluding hydrogens is 246 g/mol. The molecule has 19 heavy (non-hydrogen) atoms. The lowest BCUT2D eigenvalue weighted by molar-refractivity contribution is -0.138. The fourth-order valence-corrected chi connectivity index (χ4v) is 1.93. The second-order valence-corrected chi connectivity index (χ2v) is 4.89. The zero-order valence-corrected chi connectivity index (χ0v) is 11.2. The van der Waals surface area contributed by atoms with Gasteiger partial charge >= 0.3 is 5.97 Å². The van der Waals surface area contributed by atoms with Crippen molar-refractivity contribution in [2.24, 2.45) is 13.0 Å². The van der Waals surface area contributed by atoms with Gasteiger partial charge in [0, 0.05) is 7.05 Å². The summed E-state index contributed by atoms with van der Waals surface area (Å²) < 4.78 is 1.63. The summed E-state index contributed by atoms with van der Waals surface area (Å²) >= 11 is 0. The molecule has 0 aliphatic heterocycles. The van der Waals surface area contributed by atoms with Crippen molar-refractivity contribution in [3.05, 3.63) is 12.5 Å². The van der Waals surface area contributed by atoms with Gasteiger partial charge in [0.15, 0.2) is 5.65 Å². The van der Waals surface area contributed by atoms with Crippen LogP contribution in [0.1, 0.15) is 20.3 Å². The van der Waals surface area contributed by atoms with Crippen LogP contribution in [0.4, 0.5) is 5.82 Å². The summed E-state index contributed by atoms with van der Waals surface area (Å²) in [6.07, 6.45) is 3.56. The van der Waals surface area contributed by atoms with E-state index in [0.29, 0.717) is 17.9 Å². The van der Waals surface area contributed by atoms with Gasteiger partial charge in [-0.25, -0.2) is 14.8 Å². The van der Waals surface area contributed by atoms with Gasteiger partial charge in [-0.05, 0) is 12.3 Å². The number of aromatic nitrogens is 4. The second-order valence-electron chi connectivity index (χ2n) is 4.89. The molecule has 102 valence electrons. The van der Waals surface area contributed by atoms with Crippen molar-refractivity contribution < 1.29 is 9.90 Å². The highest BCUT2D eigenvalue weighted by atomic mass is 16.4. The van der Waals surface area contributed by atoms with Crippen molar-refractivity contribution in [1.82, 2.24) is 19.7 Å². The van der Waals surface area contributed by atoms with Crippen LogP contribution in [0, 0.1) is 5.92 Å². The summed E-state index contributed by atoms with van der Waals surface area (Å²) in [6, 6.07) is -0.668. The van der Waals surface area contributed by atoms with Crippen LogP contribution in [0.3, 0.4) is 0 Å². The lowest BCUT2D eigenvalue weighted by Gasteiger charge is -2.17. The number of rotatable bonds is 5. The first kappa shape index (κ1) is 13.3. The first-order valence-corrected chi connectivity index (χ1v) is 6.11. The SMILES string of the molecule is CC(C)CC(Nc1ncnc2c1cnn2C)C(=O)O. The molecule has 0 saturated carbocycles. The molecule has 0 spiro atoms. The Kier molecular flexibility index (Phi) is 3.64. The monoisotopic (exact) mass is 263 g/mol. The van der Waals surface area contributed by atoms with Crippen LogP contribution < -0.4 is 5.32 Å². The molecule has 7 heteroatoms. The number of carboxylic acids is 1. The fraction of sp³-hybridized carbons (Fsp3) is 0.500. The molecule has 2 aromatic rings. The Morgan fingerprint density at radius 1 is 1.47 bits per heavy atom. The third-order valence-corrected chi connectivity index (χ3v) is 2.85. The summed E-state index contributed by atoms with van der Waals surface area (Å²) in [6.45, 7) is 3.97. The molecule has 0 aliphatic rings.